The van der Waals surface area contributed by atoms with Crippen LogP contribution in [0.25, 0.3) is 0 Å². The fraction of sp³-hybridized carbons (Fsp3) is 0.444. The van der Waals surface area contributed by atoms with Crippen LogP contribution in [0.5, 0.6) is 0 Å². The molecule has 4 amide bonds. The number of aliphatic hydroxyl groups is 1. The zero-order valence-corrected chi connectivity index (χ0v) is 14.9. The third-order valence-electron chi connectivity index (χ3n) is 4.88. The Labute approximate surface area is 155 Å². The highest BCUT2D eigenvalue weighted by atomic mass is 16.3. The van der Waals surface area contributed by atoms with Gasteiger partial charge in [0.2, 0.25) is 17.7 Å². The molecule has 3 rings (SSSR count). The molecule has 2 heterocycles. The molecule has 5 N–H and O–H groups in total. The topological polar surface area (TPSA) is 142 Å². The monoisotopic (exact) mass is 374 g/mol. The number of nitrogens with two attached hydrogens (primary N) is 1. The normalized spacial score (nSPS) is 21.5. The van der Waals surface area contributed by atoms with Gasteiger partial charge in [-0.25, -0.2) is 0 Å². The zero-order chi connectivity index (χ0) is 19.7. The second-order valence-electron chi connectivity index (χ2n) is 6.88. The smallest absolute Gasteiger partial charge is 0.255 e. The molecule has 0 spiro atoms. The van der Waals surface area contributed by atoms with Crippen molar-refractivity contribution in [3.63, 3.8) is 0 Å². The Bertz CT molecular complexity index is 807. The van der Waals surface area contributed by atoms with E-state index >= 15 is 0 Å². The van der Waals surface area contributed by atoms with E-state index in [4.69, 9.17) is 5.73 Å². The Kier molecular flexibility index (Phi) is 5.24. The molecule has 9 nitrogen and oxygen atoms in total. The molecule has 0 aromatic heterocycles. The second-order valence-corrected chi connectivity index (χ2v) is 6.88. The van der Waals surface area contributed by atoms with E-state index in [1.807, 2.05) is 0 Å². The van der Waals surface area contributed by atoms with E-state index in [0.29, 0.717) is 12.0 Å². The quantitative estimate of drug-likeness (QED) is 0.476. The Morgan fingerprint density at radius 3 is 2.81 bits per heavy atom. The highest BCUT2D eigenvalue weighted by molar-refractivity contribution is 6.05. The number of carbonyl (C=O) groups excluding carboxylic acids is 4. The summed E-state index contributed by atoms with van der Waals surface area (Å²) in [5.74, 6) is -1.49. The average Bonchev–Trinajstić information content (AvgIpc) is 2.95. The molecule has 3 atom stereocenters. The third-order valence-corrected chi connectivity index (χ3v) is 4.88. The predicted octanol–water partition coefficient (Wildman–Crippen LogP) is -1.23. The standard InChI is InChI=1S/C18H22N4O5/c1-9(23)15(19)17(26)20-7-10-2-3-12-11(6-10)8-22(18(12)27)13-4-5-14(24)21-16(13)25/h2-3,6,9,13,15,23H,4-5,7-8,19H2,1H3,(H,20,26)(H,21,24,25)/t9-,13?,15+/m1/s1. The lowest BCUT2D eigenvalue weighted by Gasteiger charge is -2.29. The zero-order valence-electron chi connectivity index (χ0n) is 14.9. The molecule has 2 aliphatic rings. The van der Waals surface area contributed by atoms with Gasteiger partial charge in [-0.15, -0.1) is 0 Å². The summed E-state index contributed by atoms with van der Waals surface area (Å²) in [5.41, 5.74) is 7.63. The highest BCUT2D eigenvalue weighted by Gasteiger charge is 2.39. The van der Waals surface area contributed by atoms with Gasteiger partial charge in [0.1, 0.15) is 12.1 Å². The lowest BCUT2D eigenvalue weighted by atomic mass is 10.0. The minimum Gasteiger partial charge on any atom is -0.391 e. The van der Waals surface area contributed by atoms with Crippen molar-refractivity contribution in [2.24, 2.45) is 5.73 Å². The van der Waals surface area contributed by atoms with Gasteiger partial charge in [-0.05, 0) is 30.5 Å². The van der Waals surface area contributed by atoms with E-state index in [2.05, 4.69) is 10.6 Å². The van der Waals surface area contributed by atoms with E-state index in [1.54, 1.807) is 18.2 Å². The molecule has 2 aliphatic heterocycles. The third kappa shape index (κ3) is 3.83. The Morgan fingerprint density at radius 2 is 2.15 bits per heavy atom. The molecule has 1 saturated heterocycles. The van der Waals surface area contributed by atoms with E-state index in [1.165, 1.54) is 11.8 Å². The summed E-state index contributed by atoms with van der Waals surface area (Å²) >= 11 is 0. The van der Waals surface area contributed by atoms with Crippen molar-refractivity contribution in [3.05, 3.63) is 34.9 Å². The number of amides is 4. The fourth-order valence-electron chi connectivity index (χ4n) is 3.26. The van der Waals surface area contributed by atoms with Gasteiger partial charge in [-0.2, -0.15) is 0 Å². The molecule has 0 bridgehead atoms. The minimum atomic E-state index is -1.01. The van der Waals surface area contributed by atoms with Crippen LogP contribution in [0, 0.1) is 0 Å². The molecule has 1 unspecified atom stereocenters. The van der Waals surface area contributed by atoms with Crippen molar-refractivity contribution in [3.8, 4) is 0 Å². The van der Waals surface area contributed by atoms with Gasteiger partial charge in [-0.3, -0.25) is 24.5 Å². The molecule has 27 heavy (non-hydrogen) atoms. The van der Waals surface area contributed by atoms with Gasteiger partial charge in [0.25, 0.3) is 5.91 Å². The van der Waals surface area contributed by atoms with Crippen LogP contribution < -0.4 is 16.4 Å². The molecular weight excluding hydrogens is 352 g/mol. The first-order valence-electron chi connectivity index (χ1n) is 8.75. The lowest BCUT2D eigenvalue weighted by molar-refractivity contribution is -0.137. The van der Waals surface area contributed by atoms with Gasteiger partial charge < -0.3 is 21.1 Å². The number of aliphatic hydroxyl groups excluding tert-OH is 1. The van der Waals surface area contributed by atoms with Gasteiger partial charge >= 0.3 is 0 Å². The summed E-state index contributed by atoms with van der Waals surface area (Å²) in [6, 6.07) is 3.52. The minimum absolute atomic E-state index is 0.206. The summed E-state index contributed by atoms with van der Waals surface area (Å²) in [6.45, 7) is 1.92. The van der Waals surface area contributed by atoms with Crippen LogP contribution in [-0.2, 0) is 27.5 Å². The van der Waals surface area contributed by atoms with Crippen LogP contribution in [-0.4, -0.2) is 51.8 Å². The number of carbonyl (C=O) groups is 4. The second kappa shape index (κ2) is 7.45. The molecule has 1 aromatic carbocycles. The summed E-state index contributed by atoms with van der Waals surface area (Å²) in [6.07, 6.45) is -0.438. The van der Waals surface area contributed by atoms with Crippen molar-refractivity contribution in [1.82, 2.24) is 15.5 Å². The van der Waals surface area contributed by atoms with Gasteiger partial charge in [0, 0.05) is 25.1 Å². The Balaban J connectivity index is 1.68. The van der Waals surface area contributed by atoms with Gasteiger partial charge in [0.05, 0.1) is 6.10 Å². The van der Waals surface area contributed by atoms with E-state index in [0.717, 1.165) is 11.1 Å². The maximum Gasteiger partial charge on any atom is 0.255 e. The summed E-state index contributed by atoms with van der Waals surface area (Å²) in [4.78, 5) is 49.3. The molecule has 0 aliphatic carbocycles. The van der Waals surface area contributed by atoms with Crippen LogP contribution in [0.15, 0.2) is 18.2 Å². The Morgan fingerprint density at radius 1 is 1.41 bits per heavy atom. The molecule has 144 valence electrons. The van der Waals surface area contributed by atoms with Crippen molar-refractivity contribution < 1.29 is 24.3 Å². The van der Waals surface area contributed by atoms with Crippen LogP contribution in [0.2, 0.25) is 0 Å². The number of nitrogens with one attached hydrogen (secondary N) is 2. The maximum atomic E-state index is 12.6. The lowest BCUT2D eigenvalue weighted by Crippen LogP contribution is -2.52. The maximum absolute atomic E-state index is 12.6. The number of piperidine rings is 1. The summed E-state index contributed by atoms with van der Waals surface area (Å²) in [7, 11) is 0. The van der Waals surface area contributed by atoms with Crippen LogP contribution >= 0.6 is 0 Å². The van der Waals surface area contributed by atoms with Crippen molar-refractivity contribution in [2.75, 3.05) is 0 Å². The van der Waals surface area contributed by atoms with Crippen LogP contribution in [0.3, 0.4) is 0 Å². The number of hydrogen-bond donors (Lipinski definition) is 4. The van der Waals surface area contributed by atoms with Crippen LogP contribution in [0.4, 0.5) is 0 Å². The summed E-state index contributed by atoms with van der Waals surface area (Å²) in [5, 5.41) is 14.3. The van der Waals surface area contributed by atoms with E-state index in [9.17, 15) is 24.3 Å². The molecule has 9 heteroatoms. The van der Waals surface area contributed by atoms with Crippen molar-refractivity contribution in [1.29, 1.82) is 0 Å². The highest BCUT2D eigenvalue weighted by Crippen LogP contribution is 2.28. The molecule has 1 fully saturated rings. The number of fused-ring (bicyclic) bond motifs is 1. The molecule has 1 aromatic rings. The van der Waals surface area contributed by atoms with Crippen LogP contribution in [0.1, 0.15) is 41.3 Å². The van der Waals surface area contributed by atoms with Crippen molar-refractivity contribution >= 4 is 23.6 Å². The largest absolute Gasteiger partial charge is 0.391 e. The van der Waals surface area contributed by atoms with Gasteiger partial charge in [0.15, 0.2) is 0 Å². The number of benzene rings is 1. The SMILES string of the molecule is C[C@@H](O)[C@H](N)C(=O)NCc1ccc2c(c1)CN(C1CCC(=O)NC1=O)C2=O. The van der Waals surface area contributed by atoms with E-state index < -0.39 is 30.0 Å². The first kappa shape index (κ1) is 19.0. The average molecular weight is 374 g/mol. The predicted molar refractivity (Wildman–Crippen MR) is 94.0 cm³/mol. The number of rotatable bonds is 5. The first-order chi connectivity index (χ1) is 12.8. The first-order valence-corrected chi connectivity index (χ1v) is 8.75. The Hall–Kier alpha value is -2.78. The van der Waals surface area contributed by atoms with Crippen molar-refractivity contribution in [2.45, 2.75) is 51.0 Å². The molecular formula is C18H22N4O5. The number of imide groups is 1. The fourth-order valence-corrected chi connectivity index (χ4v) is 3.26. The number of nitrogens with zero attached hydrogens (tertiary/aromatic N) is 1. The molecule has 0 radical (unpaired) electrons. The number of hydrogen-bond acceptors (Lipinski definition) is 6. The molecule has 0 saturated carbocycles. The summed E-state index contributed by atoms with van der Waals surface area (Å²) < 4.78 is 0. The van der Waals surface area contributed by atoms with E-state index in [-0.39, 0.29) is 31.3 Å². The van der Waals surface area contributed by atoms with Gasteiger partial charge in [-0.1, -0.05) is 12.1 Å².